The predicted octanol–water partition coefficient (Wildman–Crippen LogP) is 5.44. The molecule has 1 aliphatic heterocycles. The molecule has 11 nitrogen and oxygen atoms in total. The van der Waals surface area contributed by atoms with E-state index in [-0.39, 0.29) is 27.6 Å². The molecule has 2 aromatic carbocycles. The molecule has 2 amide bonds. The lowest BCUT2D eigenvalue weighted by Crippen LogP contribution is -2.33. The van der Waals surface area contributed by atoms with Crippen molar-refractivity contribution < 1.29 is 28.6 Å². The van der Waals surface area contributed by atoms with Crippen molar-refractivity contribution in [2.45, 2.75) is 0 Å². The summed E-state index contributed by atoms with van der Waals surface area (Å²) in [5, 5.41) is 21.0. The van der Waals surface area contributed by atoms with Gasteiger partial charge < -0.3 is 4.42 Å². The van der Waals surface area contributed by atoms with E-state index in [9.17, 15) is 34.6 Å². The summed E-state index contributed by atoms with van der Waals surface area (Å²) in [7, 11) is 0. The number of ketones is 1. The van der Waals surface area contributed by atoms with Crippen LogP contribution >= 0.6 is 27.7 Å². The van der Waals surface area contributed by atoms with Gasteiger partial charge in [0.15, 0.2) is 5.78 Å². The average molecular weight is 558 g/mol. The molecule has 2 heterocycles. The van der Waals surface area contributed by atoms with Crippen LogP contribution in [0.1, 0.15) is 16.1 Å². The largest absolute Gasteiger partial charge is 0.457 e. The Labute approximate surface area is 208 Å². The molecule has 1 aliphatic rings. The van der Waals surface area contributed by atoms with Crippen molar-refractivity contribution in [3.8, 4) is 11.3 Å². The van der Waals surface area contributed by atoms with Crippen LogP contribution in [-0.2, 0) is 4.79 Å². The third-order valence-corrected chi connectivity index (χ3v) is 6.47. The van der Waals surface area contributed by atoms with E-state index < -0.39 is 33.3 Å². The molecular formula is C22H12BrN3O8S. The van der Waals surface area contributed by atoms with E-state index in [1.54, 1.807) is 12.1 Å². The second-order valence-electron chi connectivity index (χ2n) is 7.12. The van der Waals surface area contributed by atoms with E-state index in [1.807, 2.05) is 0 Å². The molecule has 1 aromatic heterocycles. The zero-order valence-corrected chi connectivity index (χ0v) is 19.8. The lowest BCUT2D eigenvalue weighted by atomic mass is 10.1. The van der Waals surface area contributed by atoms with Gasteiger partial charge in [-0.25, -0.2) is 0 Å². The molecule has 0 radical (unpaired) electrons. The van der Waals surface area contributed by atoms with Crippen LogP contribution in [0.25, 0.3) is 17.4 Å². The highest BCUT2D eigenvalue weighted by Gasteiger charge is 2.36. The Bertz CT molecular complexity index is 1430. The molecule has 0 atom stereocenters. The molecule has 3 aromatic rings. The normalized spacial score (nSPS) is 14.5. The van der Waals surface area contributed by atoms with Crippen LogP contribution in [0, 0.1) is 20.2 Å². The molecule has 176 valence electrons. The molecule has 35 heavy (non-hydrogen) atoms. The zero-order valence-electron chi connectivity index (χ0n) is 17.4. The van der Waals surface area contributed by atoms with Crippen molar-refractivity contribution in [1.29, 1.82) is 0 Å². The Morgan fingerprint density at radius 3 is 2.29 bits per heavy atom. The number of non-ortho nitro benzene ring substituents is 2. The minimum Gasteiger partial charge on any atom is -0.457 e. The van der Waals surface area contributed by atoms with Gasteiger partial charge >= 0.3 is 0 Å². The molecule has 0 aliphatic carbocycles. The van der Waals surface area contributed by atoms with E-state index in [4.69, 9.17) is 4.42 Å². The monoisotopic (exact) mass is 557 g/mol. The first-order chi connectivity index (χ1) is 16.6. The van der Waals surface area contributed by atoms with Gasteiger partial charge in [0.2, 0.25) is 0 Å². The van der Waals surface area contributed by atoms with Gasteiger partial charge in [-0.2, -0.15) is 0 Å². The number of thioether (sulfide) groups is 1. The Kier molecular flexibility index (Phi) is 6.62. The van der Waals surface area contributed by atoms with Crippen molar-refractivity contribution in [2.75, 3.05) is 6.54 Å². The SMILES string of the molecule is O=C(CN1C(=O)S/C(=C/c2ccc(-c3ccc([N+](=O)[O-])cc3Br)o2)C1=O)c1ccc([N+](=O)[O-])cc1. The van der Waals surface area contributed by atoms with E-state index in [1.165, 1.54) is 48.5 Å². The molecule has 0 unspecified atom stereocenters. The van der Waals surface area contributed by atoms with E-state index >= 15 is 0 Å². The number of carbonyl (C=O) groups is 3. The van der Waals surface area contributed by atoms with Crippen molar-refractivity contribution in [3.63, 3.8) is 0 Å². The summed E-state index contributed by atoms with van der Waals surface area (Å²) in [5.74, 6) is -0.584. The standard InChI is InChI=1S/C22H12BrN3O8S/c23-17-9-14(26(32)33)5-7-16(17)19-8-6-15(34-19)10-20-21(28)24(22(29)35-20)11-18(27)12-1-3-13(4-2-12)25(30)31/h1-10H,11H2/b20-10+. The maximum absolute atomic E-state index is 12.7. The van der Waals surface area contributed by atoms with Crippen LogP contribution in [0.5, 0.6) is 0 Å². The lowest BCUT2D eigenvalue weighted by Gasteiger charge is -2.11. The third kappa shape index (κ3) is 5.05. The summed E-state index contributed by atoms with van der Waals surface area (Å²) in [6.07, 6.45) is 1.37. The number of Topliss-reactive ketones (excluding diaryl/α,β-unsaturated/α-hetero) is 1. The number of nitro groups is 2. The Balaban J connectivity index is 1.49. The second kappa shape index (κ2) is 9.64. The highest BCUT2D eigenvalue weighted by molar-refractivity contribution is 9.10. The number of hydrogen-bond acceptors (Lipinski definition) is 9. The number of carbonyl (C=O) groups excluding carboxylic acids is 3. The van der Waals surface area contributed by atoms with Gasteiger partial charge in [-0.15, -0.1) is 0 Å². The summed E-state index contributed by atoms with van der Waals surface area (Å²) in [4.78, 5) is 58.9. The average Bonchev–Trinajstić information content (AvgIpc) is 3.39. The molecule has 1 fully saturated rings. The molecule has 4 rings (SSSR count). The van der Waals surface area contributed by atoms with Gasteiger partial charge in [0.1, 0.15) is 11.5 Å². The van der Waals surface area contributed by atoms with Gasteiger partial charge in [0.25, 0.3) is 22.5 Å². The molecule has 1 saturated heterocycles. The maximum Gasteiger partial charge on any atom is 0.293 e. The fourth-order valence-electron chi connectivity index (χ4n) is 3.16. The van der Waals surface area contributed by atoms with Crippen molar-refractivity contribution >= 4 is 62.1 Å². The number of nitrogens with zero attached hydrogens (tertiary/aromatic N) is 3. The molecular weight excluding hydrogens is 546 g/mol. The van der Waals surface area contributed by atoms with Crippen LogP contribution in [0.4, 0.5) is 16.2 Å². The van der Waals surface area contributed by atoms with Crippen LogP contribution in [0.2, 0.25) is 0 Å². The summed E-state index contributed by atoms with van der Waals surface area (Å²) in [5.41, 5.74) is 0.401. The number of benzene rings is 2. The molecule has 0 spiro atoms. The minimum absolute atomic E-state index is 0.0511. The maximum atomic E-state index is 12.7. The van der Waals surface area contributed by atoms with E-state index in [0.29, 0.717) is 27.6 Å². The molecule has 0 N–H and O–H groups in total. The summed E-state index contributed by atoms with van der Waals surface area (Å²) in [6, 6.07) is 12.2. The van der Waals surface area contributed by atoms with Crippen LogP contribution in [0.3, 0.4) is 0 Å². The van der Waals surface area contributed by atoms with Crippen molar-refractivity contribution in [1.82, 2.24) is 4.90 Å². The number of nitro benzene ring substituents is 2. The number of halogens is 1. The third-order valence-electron chi connectivity index (χ3n) is 4.90. The first-order valence-corrected chi connectivity index (χ1v) is 11.3. The topological polar surface area (TPSA) is 154 Å². The van der Waals surface area contributed by atoms with Crippen molar-refractivity contribution in [3.05, 3.63) is 95.5 Å². The Morgan fingerprint density at radius 1 is 1.00 bits per heavy atom. The highest BCUT2D eigenvalue weighted by Crippen LogP contribution is 2.35. The van der Waals surface area contributed by atoms with Crippen LogP contribution in [0.15, 0.2) is 68.4 Å². The quantitative estimate of drug-likeness (QED) is 0.159. The summed E-state index contributed by atoms with van der Waals surface area (Å²) >= 11 is 3.92. The van der Waals surface area contributed by atoms with Gasteiger partial charge in [-0.1, -0.05) is 0 Å². The Morgan fingerprint density at radius 2 is 1.66 bits per heavy atom. The highest BCUT2D eigenvalue weighted by atomic mass is 79.9. The number of imide groups is 1. The van der Waals surface area contributed by atoms with Gasteiger partial charge in [-0.3, -0.25) is 39.5 Å². The Hall–Kier alpha value is -4.10. The number of amides is 2. The van der Waals surface area contributed by atoms with Gasteiger partial charge in [0, 0.05) is 45.9 Å². The van der Waals surface area contributed by atoms with Crippen LogP contribution < -0.4 is 0 Å². The smallest absolute Gasteiger partial charge is 0.293 e. The fraction of sp³-hybridized carbons (Fsp3) is 0.0455. The number of furan rings is 1. The zero-order chi connectivity index (χ0) is 25.3. The van der Waals surface area contributed by atoms with E-state index in [2.05, 4.69) is 15.9 Å². The molecule has 0 bridgehead atoms. The molecule has 0 saturated carbocycles. The summed E-state index contributed by atoms with van der Waals surface area (Å²) in [6.45, 7) is -0.515. The number of rotatable bonds is 7. The van der Waals surface area contributed by atoms with Gasteiger partial charge in [-0.05, 0) is 58.0 Å². The lowest BCUT2D eigenvalue weighted by molar-refractivity contribution is -0.385. The van der Waals surface area contributed by atoms with Crippen LogP contribution in [-0.4, -0.2) is 38.2 Å². The fourth-order valence-corrected chi connectivity index (χ4v) is 4.54. The summed E-state index contributed by atoms with van der Waals surface area (Å²) < 4.78 is 6.16. The number of hydrogen-bond donors (Lipinski definition) is 0. The minimum atomic E-state index is -0.676. The van der Waals surface area contributed by atoms with Crippen molar-refractivity contribution in [2.24, 2.45) is 0 Å². The molecule has 13 heteroatoms. The second-order valence-corrected chi connectivity index (χ2v) is 8.97. The van der Waals surface area contributed by atoms with Gasteiger partial charge in [0.05, 0.1) is 21.3 Å². The first kappa shape index (κ1) is 24.0. The first-order valence-electron chi connectivity index (χ1n) is 9.71. The predicted molar refractivity (Wildman–Crippen MR) is 129 cm³/mol. The van der Waals surface area contributed by atoms with E-state index in [0.717, 1.165) is 4.90 Å².